The topological polar surface area (TPSA) is 82.2 Å². The van der Waals surface area contributed by atoms with E-state index in [1.54, 1.807) is 6.20 Å². The zero-order valence-electron chi connectivity index (χ0n) is 10.5. The summed E-state index contributed by atoms with van der Waals surface area (Å²) in [6.45, 7) is 1.31. The van der Waals surface area contributed by atoms with Crippen LogP contribution in [0.4, 0.5) is 0 Å². The number of amides is 1. The molecule has 19 heavy (non-hydrogen) atoms. The van der Waals surface area contributed by atoms with Crippen LogP contribution in [0.5, 0.6) is 0 Å². The number of para-hydroxylation sites is 1. The molecule has 94 valence electrons. The van der Waals surface area contributed by atoms with Crippen molar-refractivity contribution in [2.75, 3.05) is 0 Å². The van der Waals surface area contributed by atoms with E-state index in [0.717, 1.165) is 16.5 Å². The average molecular weight is 273 g/mol. The van der Waals surface area contributed by atoms with Crippen LogP contribution in [-0.2, 0) is 16.0 Å². The molecular weight excluding hydrogens is 259 g/mol. The molecule has 6 heteroatoms. The molecule has 5 nitrogen and oxygen atoms in total. The number of carboxylic acid groups (broad SMARTS) is 1. The van der Waals surface area contributed by atoms with Crippen molar-refractivity contribution in [1.82, 2.24) is 10.3 Å². The third kappa shape index (κ3) is 3.60. The minimum Gasteiger partial charge on any atom is -0.480 e. The van der Waals surface area contributed by atoms with Crippen LogP contribution in [0.1, 0.15) is 12.5 Å². The Morgan fingerprint density at radius 3 is 2.68 bits per heavy atom. The predicted molar refractivity (Wildman–Crippen MR) is 73.0 cm³/mol. The summed E-state index contributed by atoms with van der Waals surface area (Å²) < 4.78 is 0. The minimum atomic E-state index is -1.03. The number of H-pyrrole nitrogens is 1. The quantitative estimate of drug-likeness (QED) is 0.724. The molecule has 3 N–H and O–H groups in total. The summed E-state index contributed by atoms with van der Waals surface area (Å²) in [5.41, 5.74) is 1.84. The summed E-state index contributed by atoms with van der Waals surface area (Å²) in [7, 11) is 0. The van der Waals surface area contributed by atoms with E-state index in [1.807, 2.05) is 24.3 Å². The van der Waals surface area contributed by atoms with Crippen molar-refractivity contribution >= 4 is 40.1 Å². The predicted octanol–water partition coefficient (Wildman–Crippen LogP) is 0.919. The molecule has 0 aliphatic heterocycles. The summed E-state index contributed by atoms with van der Waals surface area (Å²) in [4.78, 5) is 25.1. The fourth-order valence-electron chi connectivity index (χ4n) is 1.97. The van der Waals surface area contributed by atoms with Gasteiger partial charge >= 0.3 is 23.3 Å². The molecule has 1 atom stereocenters. The Labute approximate surface area is 121 Å². The molecule has 0 saturated heterocycles. The van der Waals surface area contributed by atoms with Gasteiger partial charge in [0.2, 0.25) is 5.91 Å². The summed E-state index contributed by atoms with van der Waals surface area (Å²) >= 11 is 0. The summed E-state index contributed by atoms with van der Waals surface area (Å²) in [6.07, 6.45) is 2.04. The van der Waals surface area contributed by atoms with E-state index in [2.05, 4.69) is 10.3 Å². The Morgan fingerprint density at radius 1 is 1.37 bits per heavy atom. The number of nitrogens with one attached hydrogen (secondary N) is 2. The van der Waals surface area contributed by atoms with Crippen LogP contribution in [0.25, 0.3) is 10.9 Å². The molecule has 0 fully saturated rings. The maximum Gasteiger partial charge on any atom is 3.00 e. The second-order valence-electron chi connectivity index (χ2n) is 4.15. The second kappa shape index (κ2) is 6.41. The first-order valence-electron chi connectivity index (χ1n) is 5.63. The van der Waals surface area contributed by atoms with Crippen molar-refractivity contribution in [2.45, 2.75) is 19.4 Å². The molecule has 0 radical (unpaired) electrons. The van der Waals surface area contributed by atoms with Crippen molar-refractivity contribution < 1.29 is 14.7 Å². The number of hydrogen-bond acceptors (Lipinski definition) is 2. The van der Waals surface area contributed by atoms with Gasteiger partial charge in [0.15, 0.2) is 0 Å². The largest absolute Gasteiger partial charge is 3.00 e. The number of aromatic amines is 1. The van der Waals surface area contributed by atoms with Crippen LogP contribution in [0.3, 0.4) is 0 Å². The molecule has 1 heterocycles. The van der Waals surface area contributed by atoms with E-state index in [1.165, 1.54) is 6.92 Å². The van der Waals surface area contributed by atoms with Gasteiger partial charge in [0.25, 0.3) is 0 Å². The Balaban J connectivity index is 0.00000180. The van der Waals surface area contributed by atoms with Crippen LogP contribution in [0, 0.1) is 0 Å². The number of fused-ring (bicyclic) bond motifs is 1. The van der Waals surface area contributed by atoms with Gasteiger partial charge in [-0.2, -0.15) is 0 Å². The monoisotopic (exact) mass is 273 g/mol. The van der Waals surface area contributed by atoms with Gasteiger partial charge in [0.05, 0.1) is 0 Å². The van der Waals surface area contributed by atoms with Crippen LogP contribution < -0.4 is 5.32 Å². The number of rotatable bonds is 4. The number of benzene rings is 1. The number of carbonyl (C=O) groups excluding carboxylic acids is 1. The van der Waals surface area contributed by atoms with Gasteiger partial charge in [0, 0.05) is 30.4 Å². The maximum absolute atomic E-state index is 11.1. The molecule has 0 spiro atoms. The van der Waals surface area contributed by atoms with Crippen molar-refractivity contribution in [3.8, 4) is 0 Å². The van der Waals surface area contributed by atoms with E-state index in [9.17, 15) is 9.59 Å². The SMILES string of the molecule is CC(=O)NC(Cc1c[nH]c2ccccc12)C(=O)O.[Al+3]. The molecule has 0 bridgehead atoms. The smallest absolute Gasteiger partial charge is 0.480 e. The van der Waals surface area contributed by atoms with Crippen molar-refractivity contribution in [3.63, 3.8) is 0 Å². The molecule has 2 aromatic rings. The first-order chi connectivity index (χ1) is 8.58. The van der Waals surface area contributed by atoms with Crippen molar-refractivity contribution in [3.05, 3.63) is 36.0 Å². The van der Waals surface area contributed by atoms with E-state index in [-0.39, 0.29) is 29.7 Å². The van der Waals surface area contributed by atoms with Gasteiger partial charge < -0.3 is 15.4 Å². The summed E-state index contributed by atoms with van der Waals surface area (Å²) in [6, 6.07) is 6.75. The molecule has 0 aliphatic carbocycles. The molecule has 2 rings (SSSR count). The van der Waals surface area contributed by atoms with Gasteiger partial charge in [0.1, 0.15) is 6.04 Å². The minimum absolute atomic E-state index is 0. The third-order valence-corrected chi connectivity index (χ3v) is 2.77. The van der Waals surface area contributed by atoms with Gasteiger partial charge in [-0.3, -0.25) is 4.79 Å². The Hall–Kier alpha value is -1.77. The molecule has 0 aliphatic rings. The molecule has 1 unspecified atom stereocenters. The van der Waals surface area contributed by atoms with Crippen LogP contribution >= 0.6 is 0 Å². The van der Waals surface area contributed by atoms with Crippen LogP contribution in [-0.4, -0.2) is 45.4 Å². The van der Waals surface area contributed by atoms with Gasteiger partial charge in [-0.15, -0.1) is 0 Å². The fourth-order valence-corrected chi connectivity index (χ4v) is 1.97. The first-order valence-corrected chi connectivity index (χ1v) is 5.63. The van der Waals surface area contributed by atoms with Crippen LogP contribution in [0.2, 0.25) is 0 Å². The number of aliphatic carboxylic acids is 1. The molecular formula is C13H14AlN2O3+3. The van der Waals surface area contributed by atoms with E-state index in [0.29, 0.717) is 0 Å². The summed E-state index contributed by atoms with van der Waals surface area (Å²) in [5, 5.41) is 12.5. The molecule has 1 aromatic heterocycles. The average Bonchev–Trinajstić information content (AvgIpc) is 2.71. The fraction of sp³-hybridized carbons (Fsp3) is 0.231. The van der Waals surface area contributed by atoms with Gasteiger partial charge in [-0.05, 0) is 11.6 Å². The van der Waals surface area contributed by atoms with E-state index in [4.69, 9.17) is 5.11 Å². The zero-order chi connectivity index (χ0) is 13.1. The second-order valence-corrected chi connectivity index (χ2v) is 4.15. The number of carboxylic acids is 1. The number of carbonyl (C=O) groups is 2. The first kappa shape index (κ1) is 15.3. The molecule has 1 aromatic carbocycles. The van der Waals surface area contributed by atoms with Crippen molar-refractivity contribution in [1.29, 1.82) is 0 Å². The standard InChI is InChI=1S/C13H14N2O3.Al/c1-8(16)15-12(13(17)18)6-9-7-14-11-5-3-2-4-10(9)11;/h2-5,7,12,14H,6H2,1H3,(H,15,16)(H,17,18);/q;+3. The Kier molecular flexibility index (Phi) is 5.16. The zero-order valence-corrected chi connectivity index (χ0v) is 11.7. The van der Waals surface area contributed by atoms with Crippen LogP contribution in [0.15, 0.2) is 30.5 Å². The third-order valence-electron chi connectivity index (χ3n) is 2.77. The summed E-state index contributed by atoms with van der Waals surface area (Å²) in [5.74, 6) is -1.38. The number of aromatic nitrogens is 1. The van der Waals surface area contributed by atoms with E-state index < -0.39 is 12.0 Å². The molecule has 0 saturated carbocycles. The maximum atomic E-state index is 11.1. The van der Waals surface area contributed by atoms with E-state index >= 15 is 0 Å². The Morgan fingerprint density at radius 2 is 2.05 bits per heavy atom. The molecule has 1 amide bonds. The van der Waals surface area contributed by atoms with Crippen molar-refractivity contribution in [2.24, 2.45) is 0 Å². The van der Waals surface area contributed by atoms with Gasteiger partial charge in [-0.25, -0.2) is 4.79 Å². The normalized spacial score (nSPS) is 11.6. The Bertz CT molecular complexity index is 594. The number of hydrogen-bond donors (Lipinski definition) is 3. The van der Waals surface area contributed by atoms with Gasteiger partial charge in [-0.1, -0.05) is 18.2 Å².